The van der Waals surface area contributed by atoms with Gasteiger partial charge in [-0.15, -0.1) is 0 Å². The van der Waals surface area contributed by atoms with Crippen molar-refractivity contribution in [2.75, 3.05) is 37.3 Å². The molecule has 7 amide bonds. The molecule has 0 aromatic heterocycles. The van der Waals surface area contributed by atoms with Crippen molar-refractivity contribution in [3.05, 3.63) is 29.8 Å². The van der Waals surface area contributed by atoms with Crippen molar-refractivity contribution in [1.29, 1.82) is 0 Å². The molecule has 1 aromatic rings. The highest BCUT2D eigenvalue weighted by atomic mass is 32.1. The van der Waals surface area contributed by atoms with Gasteiger partial charge in [0.25, 0.3) is 11.8 Å². The Kier molecular flexibility index (Phi) is 19.6. The van der Waals surface area contributed by atoms with Crippen LogP contribution >= 0.6 is 12.6 Å². The number of aliphatic hydroxyl groups is 1. The van der Waals surface area contributed by atoms with E-state index < -0.39 is 115 Å². The second kappa shape index (κ2) is 25.0. The molecule has 3 aliphatic rings. The van der Waals surface area contributed by atoms with Gasteiger partial charge in [-0.25, -0.2) is 14.6 Å². The molecule has 0 aliphatic carbocycles. The number of unbranched alkanes of at least 4 members (excludes halogenated alkanes) is 1. The monoisotopic (exact) mass is 929 g/mol. The first-order valence-corrected chi connectivity index (χ1v) is 21.4. The number of nitrogens with two attached hydrogens (primary N) is 1. The van der Waals surface area contributed by atoms with Gasteiger partial charge < -0.3 is 63.6 Å². The number of carboxylic acid groups (broad SMARTS) is 2. The largest absolute Gasteiger partial charge is 0.480 e. The summed E-state index contributed by atoms with van der Waals surface area (Å²) in [7, 11) is 0. The Labute approximate surface area is 377 Å². The van der Waals surface area contributed by atoms with Gasteiger partial charge in [-0.2, -0.15) is 12.6 Å². The number of carbonyl (C=O) groups is 9. The number of nitrogens with zero attached hydrogens (tertiary/aromatic N) is 3. The van der Waals surface area contributed by atoms with Crippen LogP contribution in [0.1, 0.15) is 62.2 Å². The number of carbonyl (C=O) groups excluding carboxylic acids is 7. The van der Waals surface area contributed by atoms with Crippen molar-refractivity contribution < 1.29 is 58.5 Å². The number of aliphatic imine (C=N–C) groups is 3. The van der Waals surface area contributed by atoms with Crippen molar-refractivity contribution in [1.82, 2.24) is 42.5 Å². The summed E-state index contributed by atoms with van der Waals surface area (Å²) < 4.78 is 0. The Balaban J connectivity index is 1.14. The average Bonchev–Trinajstić information content (AvgIpc) is 3.83. The molecule has 3 aliphatic heterocycles. The highest BCUT2D eigenvalue weighted by Crippen LogP contribution is 2.15. The lowest BCUT2D eigenvalue weighted by Gasteiger charge is -2.25. The molecule has 0 radical (unpaired) electrons. The van der Waals surface area contributed by atoms with E-state index in [9.17, 15) is 58.5 Å². The zero-order chi connectivity index (χ0) is 47.6. The van der Waals surface area contributed by atoms with E-state index in [4.69, 9.17) is 5.73 Å². The fourth-order valence-corrected chi connectivity index (χ4v) is 6.83. The van der Waals surface area contributed by atoms with Crippen molar-refractivity contribution in [3.8, 4) is 0 Å². The molecule has 3 heterocycles. The third-order valence-electron chi connectivity index (χ3n) is 10.3. The summed E-state index contributed by atoms with van der Waals surface area (Å²) in [5.41, 5.74) is 6.74. The van der Waals surface area contributed by atoms with Crippen LogP contribution in [-0.2, 0) is 38.4 Å². The number of nitrogens with one attached hydrogen (secondary N) is 9. The predicted octanol–water partition coefficient (Wildman–Crippen LogP) is -4.27. The number of guanidine groups is 1. The average molecular weight is 930 g/mol. The molecule has 8 atom stereocenters. The lowest BCUT2D eigenvalue weighted by Crippen LogP contribution is -2.57. The molecule has 0 bridgehead atoms. The van der Waals surface area contributed by atoms with Crippen molar-refractivity contribution in [3.63, 3.8) is 0 Å². The van der Waals surface area contributed by atoms with E-state index in [0.29, 0.717) is 24.4 Å². The summed E-state index contributed by atoms with van der Waals surface area (Å²) in [6, 6.07) is -1.71. The van der Waals surface area contributed by atoms with Gasteiger partial charge in [0.2, 0.25) is 29.5 Å². The summed E-state index contributed by atoms with van der Waals surface area (Å²) in [5, 5.41) is 52.2. The van der Waals surface area contributed by atoms with Crippen molar-refractivity contribution in [2.24, 2.45) is 20.7 Å². The van der Waals surface area contributed by atoms with Gasteiger partial charge in [-0.3, -0.25) is 48.9 Å². The quantitative estimate of drug-likeness (QED) is 0.0326. The minimum atomic E-state index is -1.47. The molecule has 65 heavy (non-hydrogen) atoms. The van der Waals surface area contributed by atoms with Gasteiger partial charge >= 0.3 is 11.9 Å². The fourth-order valence-electron chi connectivity index (χ4n) is 6.58. The molecule has 4 rings (SSSR count). The van der Waals surface area contributed by atoms with Crippen LogP contribution in [0.2, 0.25) is 0 Å². The summed E-state index contributed by atoms with van der Waals surface area (Å²) in [5.74, 6) is -7.42. The van der Waals surface area contributed by atoms with E-state index in [0.717, 1.165) is 6.42 Å². The molecule has 0 spiro atoms. The molecular formula is C39H55N13O12S. The molecule has 1 aromatic carbocycles. The maximum absolute atomic E-state index is 12.9. The predicted molar refractivity (Wildman–Crippen MR) is 236 cm³/mol. The Morgan fingerprint density at radius 2 is 1.55 bits per heavy atom. The molecular weight excluding hydrogens is 875 g/mol. The van der Waals surface area contributed by atoms with E-state index in [1.807, 2.05) is 0 Å². The van der Waals surface area contributed by atoms with Crippen LogP contribution in [0.15, 0.2) is 39.2 Å². The third kappa shape index (κ3) is 15.8. The highest BCUT2D eigenvalue weighted by Gasteiger charge is 2.34. The number of hydrogen-bond donors (Lipinski definition) is 14. The van der Waals surface area contributed by atoms with Crippen LogP contribution in [0.4, 0.5) is 5.69 Å². The number of fused-ring (bicyclic) bond motifs is 1. The molecule has 14 N–H and O–H groups in total. The maximum atomic E-state index is 12.9. The van der Waals surface area contributed by atoms with E-state index in [2.05, 4.69) is 75.5 Å². The van der Waals surface area contributed by atoms with Gasteiger partial charge in [0.1, 0.15) is 30.2 Å². The second-order valence-electron chi connectivity index (χ2n) is 15.2. The first-order chi connectivity index (χ1) is 31.0. The van der Waals surface area contributed by atoms with Crippen LogP contribution in [0, 0.1) is 0 Å². The van der Waals surface area contributed by atoms with Crippen LogP contribution in [0.3, 0.4) is 0 Å². The number of aliphatic carboxylic acids is 2. The first kappa shape index (κ1) is 51.0. The minimum Gasteiger partial charge on any atom is -0.480 e. The second-order valence-corrected chi connectivity index (χ2v) is 15.6. The lowest BCUT2D eigenvalue weighted by atomic mass is 10.1. The fraction of sp³-hybridized carbons (Fsp3) is 0.538. The Bertz CT molecular complexity index is 2030. The molecule has 1 fully saturated rings. The van der Waals surface area contributed by atoms with Crippen LogP contribution in [0.25, 0.3) is 0 Å². The summed E-state index contributed by atoms with van der Waals surface area (Å²) >= 11 is 4.11. The number of aliphatic hydroxyl groups excluding tert-OH is 1. The van der Waals surface area contributed by atoms with Gasteiger partial charge in [-0.1, -0.05) is 0 Å². The SMILES string of the molecule is CC(NC(=O)CCC(NC(=O)c1ccc(NCC2=NC3C(=O)NC(N)=NC3N=C2)cc1)C(=O)O)C(=O)NC(CCCCNC(=O)C(CS)NC(=O)C(CO)NC(=O)C1CCCN1)C(=O)O. The molecule has 25 nitrogen and oxygen atoms in total. The van der Waals surface area contributed by atoms with Gasteiger partial charge in [0, 0.05) is 36.2 Å². The molecule has 26 heteroatoms. The molecule has 354 valence electrons. The van der Waals surface area contributed by atoms with E-state index in [1.165, 1.54) is 25.3 Å². The standard InChI is InChI=1S/C39H55N13O12S/c1-19(31(55)47-24(37(61)62)5-2-3-13-42-33(57)27(18-65)50-35(59)26(17-53)49-34(58)23-6-4-14-41-23)45-28(54)12-11-25(38(63)64)48-32(56)20-7-9-21(10-8-20)43-15-22-16-44-30-29(46-22)36(60)52-39(40)51-30/h7-10,16,19,23-27,29-30,41,43,53,65H,2-6,11-15,17-18H2,1H3,(H,42,57)(H,45,54)(H,47,55)(H,48,56)(H,49,58)(H,50,59)(H,61,62)(H,63,64)(H3,40,51,52,60). The third-order valence-corrected chi connectivity index (χ3v) is 10.6. The topological polar surface area (TPSA) is 386 Å². The number of anilines is 1. The number of thiol groups is 1. The maximum Gasteiger partial charge on any atom is 0.326 e. The Hall–Kier alpha value is -6.67. The highest BCUT2D eigenvalue weighted by molar-refractivity contribution is 7.80. The molecule has 8 unspecified atom stereocenters. The van der Waals surface area contributed by atoms with E-state index >= 15 is 0 Å². The Morgan fingerprint density at radius 1 is 0.862 bits per heavy atom. The zero-order valence-electron chi connectivity index (χ0n) is 35.4. The smallest absolute Gasteiger partial charge is 0.326 e. The summed E-state index contributed by atoms with van der Waals surface area (Å²) in [6.45, 7) is 1.54. The summed E-state index contributed by atoms with van der Waals surface area (Å²) in [4.78, 5) is 125. The normalized spacial score (nSPS) is 19.8. The first-order valence-electron chi connectivity index (χ1n) is 20.8. The van der Waals surface area contributed by atoms with Gasteiger partial charge in [0.05, 0.1) is 24.9 Å². The van der Waals surface area contributed by atoms with E-state index in [1.54, 1.807) is 12.1 Å². The number of hydrogen-bond acceptors (Lipinski definition) is 17. The number of amides is 7. The number of rotatable bonds is 25. The van der Waals surface area contributed by atoms with Gasteiger partial charge in [0.15, 0.2) is 18.2 Å². The summed E-state index contributed by atoms with van der Waals surface area (Å²) in [6.07, 6.45) is 1.85. The zero-order valence-corrected chi connectivity index (χ0v) is 36.3. The van der Waals surface area contributed by atoms with Crippen molar-refractivity contribution in [2.45, 2.75) is 100 Å². The minimum absolute atomic E-state index is 0.0330. The number of carboxylic acids is 2. The molecule has 0 saturated carbocycles. The van der Waals surface area contributed by atoms with Gasteiger partial charge in [-0.05, 0) is 76.3 Å². The lowest BCUT2D eigenvalue weighted by molar-refractivity contribution is -0.142. The van der Waals surface area contributed by atoms with Crippen LogP contribution in [0.5, 0.6) is 0 Å². The Morgan fingerprint density at radius 3 is 2.20 bits per heavy atom. The number of benzene rings is 1. The molecule has 1 saturated heterocycles. The van der Waals surface area contributed by atoms with E-state index in [-0.39, 0.29) is 56.0 Å². The van der Waals surface area contributed by atoms with Crippen LogP contribution in [-0.4, -0.2) is 167 Å². The van der Waals surface area contributed by atoms with Crippen LogP contribution < -0.4 is 53.6 Å². The van der Waals surface area contributed by atoms with Crippen molar-refractivity contribution >= 4 is 89.5 Å².